The predicted molar refractivity (Wildman–Crippen MR) is 89.8 cm³/mol. The number of rotatable bonds is 9. The molecule has 2 aromatic rings. The molecule has 0 amide bonds. The summed E-state index contributed by atoms with van der Waals surface area (Å²) >= 11 is 0. The Labute approximate surface area is 250 Å². The number of aliphatic hydroxyl groups is 1. The molecule has 3 heterocycles. The molecule has 1 aliphatic heterocycles. The van der Waals surface area contributed by atoms with Crippen molar-refractivity contribution in [3.63, 3.8) is 0 Å². The molecule has 180 valence electrons. The van der Waals surface area contributed by atoms with Gasteiger partial charge in [-0.3, -0.25) is 22.8 Å². The number of phosphoric acid groups is 3. The van der Waals surface area contributed by atoms with Gasteiger partial charge in [-0.25, -0.2) is 14.3 Å². The third-order valence-corrected chi connectivity index (χ3v) is 7.69. The predicted octanol–water partition coefficient (Wildman–Crippen LogP) is -15.8. The summed E-state index contributed by atoms with van der Waals surface area (Å²) in [5.74, 6) is 0. The van der Waals surface area contributed by atoms with E-state index < -0.39 is 60.2 Å². The first-order valence-corrected chi connectivity index (χ1v) is 12.6. The number of nitrogens with one attached hydrogen (secondary N) is 1. The standard InChI is InChI=1S/C11H17N4O14P3.4Li/c1-25-8-7(16)5(2-26-31(21,22)29-32(23,24)28-30(18,19)20)27-11(8)15-4-14-6-9(15)12-3-13-10(6)17;;;;/h3-5,7-8,11,16H,2H2,1H3,(H,21,22)(H,23,24)(H,12,13,17)(H2,18,19,20);;;;/q;4*+1/p-4. The van der Waals surface area contributed by atoms with E-state index in [4.69, 9.17) is 9.47 Å². The van der Waals surface area contributed by atoms with E-state index >= 15 is 0 Å². The molecule has 0 bridgehead atoms. The van der Waals surface area contributed by atoms with E-state index in [1.54, 1.807) is 0 Å². The van der Waals surface area contributed by atoms with E-state index in [1.165, 1.54) is 11.7 Å². The van der Waals surface area contributed by atoms with Gasteiger partial charge in [0.15, 0.2) is 17.4 Å². The monoisotopic (exact) mass is 546 g/mol. The molecule has 0 radical (unpaired) electrons. The van der Waals surface area contributed by atoms with Gasteiger partial charge in [0.1, 0.15) is 18.3 Å². The van der Waals surface area contributed by atoms with E-state index in [1.807, 2.05) is 0 Å². The van der Waals surface area contributed by atoms with Crippen molar-refractivity contribution in [1.29, 1.82) is 0 Å². The molecule has 0 aromatic carbocycles. The van der Waals surface area contributed by atoms with Crippen LogP contribution in [0.25, 0.3) is 11.2 Å². The molecule has 6 atom stereocenters. The van der Waals surface area contributed by atoms with Crippen LogP contribution in [-0.4, -0.2) is 56.7 Å². The molecule has 36 heavy (non-hydrogen) atoms. The van der Waals surface area contributed by atoms with E-state index in [0.29, 0.717) is 0 Å². The second-order valence-corrected chi connectivity index (χ2v) is 10.4. The number of aromatic nitrogens is 4. The Morgan fingerprint density at radius 1 is 1.08 bits per heavy atom. The molecule has 0 saturated carbocycles. The van der Waals surface area contributed by atoms with Gasteiger partial charge in [-0.05, 0) is 0 Å². The van der Waals surface area contributed by atoms with Gasteiger partial charge in [0.2, 0.25) is 0 Å². The van der Waals surface area contributed by atoms with Crippen molar-refractivity contribution in [1.82, 2.24) is 19.5 Å². The van der Waals surface area contributed by atoms with Crippen molar-refractivity contribution in [2.75, 3.05) is 13.7 Å². The summed E-state index contributed by atoms with van der Waals surface area (Å²) in [4.78, 5) is 65.5. The first-order chi connectivity index (χ1) is 14.7. The summed E-state index contributed by atoms with van der Waals surface area (Å²) in [6.45, 7) is -1.02. The quantitative estimate of drug-likeness (QED) is 0.218. The Hall–Kier alpha value is 1.03. The van der Waals surface area contributed by atoms with E-state index in [2.05, 4.69) is 28.1 Å². The fourth-order valence-electron chi connectivity index (χ4n) is 2.83. The molecule has 2 N–H and O–H groups in total. The minimum Gasteiger partial charge on any atom is -0.790 e. The van der Waals surface area contributed by atoms with Crippen molar-refractivity contribution in [2.45, 2.75) is 24.5 Å². The van der Waals surface area contributed by atoms with Crippen LogP contribution in [0.4, 0.5) is 0 Å². The number of hydrogen-bond donors (Lipinski definition) is 2. The molecule has 1 saturated heterocycles. The maximum Gasteiger partial charge on any atom is 1.00 e. The van der Waals surface area contributed by atoms with Crippen LogP contribution in [0.1, 0.15) is 6.23 Å². The molecule has 1 aliphatic rings. The van der Waals surface area contributed by atoms with Crippen molar-refractivity contribution >= 4 is 34.6 Å². The molecule has 0 aliphatic carbocycles. The average molecular weight is 546 g/mol. The molecule has 25 heteroatoms. The fraction of sp³-hybridized carbons (Fsp3) is 0.545. The topological polar surface area (TPSA) is 273 Å². The van der Waals surface area contributed by atoms with E-state index in [0.717, 1.165) is 12.7 Å². The van der Waals surface area contributed by atoms with Gasteiger partial charge >= 0.3 is 75.4 Å². The Kier molecular flexibility index (Phi) is 16.5. The van der Waals surface area contributed by atoms with Crippen molar-refractivity contribution in [3.8, 4) is 0 Å². The molecule has 2 aromatic heterocycles. The second kappa shape index (κ2) is 15.1. The molecule has 3 rings (SSSR count). The van der Waals surface area contributed by atoms with Crippen LogP contribution in [0.5, 0.6) is 0 Å². The number of methoxy groups -OCH3 is 1. The zero-order chi connectivity index (χ0) is 23.9. The zero-order valence-electron chi connectivity index (χ0n) is 19.6. The summed E-state index contributed by atoms with van der Waals surface area (Å²) in [6, 6.07) is 0. The Morgan fingerprint density at radius 3 is 2.25 bits per heavy atom. The third-order valence-electron chi connectivity index (χ3n) is 4.02. The van der Waals surface area contributed by atoms with Crippen molar-refractivity contribution < 1.29 is 136 Å². The summed E-state index contributed by atoms with van der Waals surface area (Å²) in [7, 11) is -16.9. The largest absolute Gasteiger partial charge is 1.00 e. The fourth-order valence-corrected chi connectivity index (χ4v) is 5.70. The van der Waals surface area contributed by atoms with Gasteiger partial charge in [-0.2, -0.15) is 0 Å². The van der Waals surface area contributed by atoms with Crippen LogP contribution < -0.4 is 101 Å². The number of hydrogen-bond acceptors (Lipinski definition) is 16. The number of H-pyrrole nitrogens is 1. The van der Waals surface area contributed by atoms with Gasteiger partial charge < -0.3 is 48.2 Å². The molecule has 18 nitrogen and oxygen atoms in total. The first kappa shape index (κ1) is 39.2. The minimum absolute atomic E-state index is 0. The normalized spacial score (nSPS) is 24.8. The van der Waals surface area contributed by atoms with E-state index in [-0.39, 0.29) is 86.6 Å². The third kappa shape index (κ3) is 9.89. The Bertz CT molecular complexity index is 1190. The van der Waals surface area contributed by atoms with Crippen LogP contribution in [0.2, 0.25) is 0 Å². The molecular formula is C11H13Li4N4O14P3. The molecule has 6 unspecified atom stereocenters. The Balaban J connectivity index is 0. The maximum atomic E-state index is 11.8. The van der Waals surface area contributed by atoms with E-state index in [9.17, 15) is 43.2 Å². The Morgan fingerprint density at radius 2 is 1.69 bits per heavy atom. The van der Waals surface area contributed by atoms with Gasteiger partial charge in [0.25, 0.3) is 21.2 Å². The molecule has 1 fully saturated rings. The maximum absolute atomic E-state index is 11.8. The molecule has 0 spiro atoms. The molecular weight excluding hydrogens is 533 g/mol. The summed E-state index contributed by atoms with van der Waals surface area (Å²) in [6.07, 6.45) is -3.05. The number of aromatic amines is 1. The number of aliphatic hydroxyl groups excluding tert-OH is 1. The van der Waals surface area contributed by atoms with Crippen LogP contribution in [0.3, 0.4) is 0 Å². The van der Waals surface area contributed by atoms with Crippen LogP contribution >= 0.6 is 23.5 Å². The minimum atomic E-state index is -6.13. The van der Waals surface area contributed by atoms with Gasteiger partial charge in [-0.1, -0.05) is 0 Å². The summed E-state index contributed by atoms with van der Waals surface area (Å²) in [5, 5.41) is 10.4. The summed E-state index contributed by atoms with van der Waals surface area (Å²) in [5.41, 5.74) is -0.565. The zero-order valence-corrected chi connectivity index (χ0v) is 22.3. The second-order valence-electron chi connectivity index (χ2n) is 6.11. The van der Waals surface area contributed by atoms with Gasteiger partial charge in [0.05, 0.1) is 27.1 Å². The summed E-state index contributed by atoms with van der Waals surface area (Å²) < 4.78 is 55.9. The van der Waals surface area contributed by atoms with Crippen LogP contribution in [0, 0.1) is 0 Å². The number of imidazole rings is 1. The number of fused-ring (bicyclic) bond motifs is 1. The average Bonchev–Trinajstić information content (AvgIpc) is 3.18. The van der Waals surface area contributed by atoms with Crippen LogP contribution in [-0.2, 0) is 36.3 Å². The van der Waals surface area contributed by atoms with Gasteiger partial charge in [-0.15, -0.1) is 0 Å². The smallest absolute Gasteiger partial charge is 0.790 e. The number of phosphoric ester groups is 1. The van der Waals surface area contributed by atoms with Gasteiger partial charge in [0, 0.05) is 7.11 Å². The number of ether oxygens (including phenoxy) is 2. The van der Waals surface area contributed by atoms with Crippen LogP contribution in [0.15, 0.2) is 17.4 Å². The van der Waals surface area contributed by atoms with Crippen molar-refractivity contribution in [3.05, 3.63) is 23.0 Å². The van der Waals surface area contributed by atoms with Crippen molar-refractivity contribution in [2.24, 2.45) is 0 Å². The SMILES string of the molecule is COC1C(O)C(COP(=O)([O-])OP(=O)([O-])OP(=O)([O-])[O-])OC1n1cnc2c(=O)[nH]cnc21.[Li+].[Li+].[Li+].[Li+]. The number of nitrogens with zero attached hydrogens (tertiary/aromatic N) is 3. The first-order valence-electron chi connectivity index (χ1n) is 8.21.